The smallest absolute Gasteiger partial charge is 0.160 e. The van der Waals surface area contributed by atoms with Gasteiger partial charge >= 0.3 is 0 Å². The summed E-state index contributed by atoms with van der Waals surface area (Å²) in [6.07, 6.45) is 0. The van der Waals surface area contributed by atoms with Gasteiger partial charge in [-0.3, -0.25) is 0 Å². The standard InChI is InChI=1S/2C48H31N3O/c1-4-12-32(13-5-1)33-20-22-34(23-21-33)41-31-42(50-48(49-41)37-16-8-3-9-17-37)35-24-27-39(28-25-35)51-43-19-11-10-18-40(43)46-44(51)29-26-38-30-45(52-47(38)46)36-14-6-2-7-15-36;1-4-12-32(13-5-1)33-20-22-35(23-21-33)42-31-41(34-14-6-2-7-15-34)49-48(50-42)37-24-27-39(28-25-37)51-43-19-11-10-18-40(43)46-44(51)29-26-38-30-45(52-47(38)46)36-16-8-3-9-17-36/h2*1-31H. The lowest BCUT2D eigenvalue weighted by molar-refractivity contribution is 0.635. The van der Waals surface area contributed by atoms with Crippen LogP contribution < -0.4 is 0 Å². The Morgan fingerprint density at radius 2 is 0.471 bits per heavy atom. The summed E-state index contributed by atoms with van der Waals surface area (Å²) in [7, 11) is 0. The molecule has 0 amide bonds. The normalized spacial score (nSPS) is 11.5. The third-order valence-electron chi connectivity index (χ3n) is 19.7. The minimum atomic E-state index is 0.683. The number of para-hydroxylation sites is 2. The zero-order valence-corrected chi connectivity index (χ0v) is 56.3. The Morgan fingerprint density at radius 3 is 0.846 bits per heavy atom. The van der Waals surface area contributed by atoms with Crippen molar-refractivity contribution in [3.63, 3.8) is 0 Å². The molecule has 8 heteroatoms. The summed E-state index contributed by atoms with van der Waals surface area (Å²) in [6.45, 7) is 0. The molecule has 0 radical (unpaired) electrons. The molecule has 0 saturated carbocycles. The van der Waals surface area contributed by atoms with Gasteiger partial charge in [0, 0.05) is 77.4 Å². The zero-order valence-electron chi connectivity index (χ0n) is 56.3. The highest BCUT2D eigenvalue weighted by atomic mass is 16.3. The molecule has 0 saturated heterocycles. The summed E-state index contributed by atoms with van der Waals surface area (Å²) in [5, 5.41) is 6.72. The van der Waals surface area contributed by atoms with Crippen LogP contribution in [0.4, 0.5) is 0 Å². The fourth-order valence-electron chi connectivity index (χ4n) is 14.6. The largest absolute Gasteiger partial charge is 0.455 e. The number of hydrogen-bond acceptors (Lipinski definition) is 6. The van der Waals surface area contributed by atoms with Crippen LogP contribution in [0.15, 0.2) is 385 Å². The van der Waals surface area contributed by atoms with E-state index in [-0.39, 0.29) is 0 Å². The van der Waals surface area contributed by atoms with E-state index in [2.05, 4.69) is 300 Å². The molecular weight excluding hydrogens is 1270 g/mol. The van der Waals surface area contributed by atoms with Gasteiger partial charge in [-0.2, -0.15) is 0 Å². The number of nitrogens with zero attached hydrogens (tertiary/aromatic N) is 6. The Bertz CT molecular complexity index is 6110. The van der Waals surface area contributed by atoms with Gasteiger partial charge in [0.2, 0.25) is 0 Å². The van der Waals surface area contributed by atoms with Crippen molar-refractivity contribution in [2.75, 3.05) is 0 Å². The van der Waals surface area contributed by atoms with Gasteiger partial charge in [0.05, 0.1) is 55.6 Å². The number of benzene rings is 14. The van der Waals surface area contributed by atoms with E-state index in [4.69, 9.17) is 28.8 Å². The third-order valence-corrected chi connectivity index (χ3v) is 19.7. The molecule has 0 unspecified atom stereocenters. The predicted octanol–water partition coefficient (Wildman–Crippen LogP) is 25.3. The average Bonchev–Trinajstić information content (AvgIpc) is 1.58. The van der Waals surface area contributed by atoms with E-state index in [0.717, 1.165) is 156 Å². The first-order valence-corrected chi connectivity index (χ1v) is 35.0. The van der Waals surface area contributed by atoms with Crippen LogP contribution in [0.1, 0.15) is 0 Å². The first-order chi connectivity index (χ1) is 51.5. The van der Waals surface area contributed by atoms with E-state index in [1.165, 1.54) is 22.3 Å². The van der Waals surface area contributed by atoms with Crippen molar-refractivity contribution in [2.24, 2.45) is 0 Å². The predicted molar refractivity (Wildman–Crippen MR) is 427 cm³/mol. The molecule has 14 aromatic carbocycles. The summed E-state index contributed by atoms with van der Waals surface area (Å²) >= 11 is 0. The number of fused-ring (bicyclic) bond motifs is 10. The van der Waals surface area contributed by atoms with Crippen LogP contribution >= 0.6 is 0 Å². The zero-order chi connectivity index (χ0) is 68.9. The minimum Gasteiger partial charge on any atom is -0.455 e. The van der Waals surface area contributed by atoms with Crippen molar-refractivity contribution < 1.29 is 8.83 Å². The van der Waals surface area contributed by atoms with Crippen LogP contribution in [0.5, 0.6) is 0 Å². The lowest BCUT2D eigenvalue weighted by Gasteiger charge is -2.12. The van der Waals surface area contributed by atoms with Crippen molar-refractivity contribution in [1.82, 2.24) is 29.1 Å². The fraction of sp³-hybridized carbons (Fsp3) is 0. The highest BCUT2D eigenvalue weighted by Crippen LogP contribution is 2.43. The Morgan fingerprint density at radius 1 is 0.202 bits per heavy atom. The first-order valence-electron chi connectivity index (χ1n) is 35.0. The number of rotatable bonds is 12. The first kappa shape index (κ1) is 61.0. The second-order valence-electron chi connectivity index (χ2n) is 26.1. The van der Waals surface area contributed by atoms with Crippen LogP contribution in [0.2, 0.25) is 0 Å². The van der Waals surface area contributed by atoms with Gasteiger partial charge in [-0.1, -0.05) is 279 Å². The summed E-state index contributed by atoms with van der Waals surface area (Å²) in [5.74, 6) is 3.12. The Hall–Kier alpha value is -14.1. The molecule has 0 atom stereocenters. The van der Waals surface area contributed by atoms with Crippen LogP contribution in [0.3, 0.4) is 0 Å². The summed E-state index contributed by atoms with van der Waals surface area (Å²) in [4.78, 5) is 20.4. The number of hydrogen-bond donors (Lipinski definition) is 0. The van der Waals surface area contributed by atoms with Crippen LogP contribution in [0.25, 0.3) is 190 Å². The Balaban J connectivity index is 0.000000143. The quantitative estimate of drug-likeness (QED) is 0.121. The molecule has 0 fully saturated rings. The van der Waals surface area contributed by atoms with Crippen molar-refractivity contribution in [3.05, 3.63) is 376 Å². The average molecular weight is 1330 g/mol. The highest BCUT2D eigenvalue weighted by molar-refractivity contribution is 6.21. The van der Waals surface area contributed by atoms with Crippen molar-refractivity contribution in [3.8, 4) is 124 Å². The molecule has 0 aliphatic heterocycles. The second kappa shape index (κ2) is 26.2. The van der Waals surface area contributed by atoms with E-state index in [1.807, 2.05) is 84.9 Å². The molecule has 20 aromatic rings. The minimum absolute atomic E-state index is 0.683. The molecule has 6 aromatic heterocycles. The summed E-state index contributed by atoms with van der Waals surface area (Å²) < 4.78 is 17.8. The molecule has 20 rings (SSSR count). The van der Waals surface area contributed by atoms with Crippen LogP contribution in [0, 0.1) is 0 Å². The Kier molecular flexibility index (Phi) is 15.4. The van der Waals surface area contributed by atoms with E-state index in [9.17, 15) is 0 Å². The SMILES string of the molecule is c1ccc(-c2ccc(-c3cc(-c4ccc(-n5c6ccccc6c6c7oc(-c8ccccc8)cc7ccc65)cc4)nc(-c4ccccc4)n3)cc2)cc1.c1ccc(-c2ccc(-c3cc(-c4ccccc4)nc(-c4ccc(-n5c6ccccc6c6c7oc(-c8ccccc8)cc7ccc65)cc4)n3)cc2)cc1. The lowest BCUT2D eigenvalue weighted by Crippen LogP contribution is -1.97. The highest BCUT2D eigenvalue weighted by Gasteiger charge is 2.22. The molecule has 0 aliphatic carbocycles. The van der Waals surface area contributed by atoms with Crippen molar-refractivity contribution >= 4 is 65.6 Å². The monoisotopic (exact) mass is 1330 g/mol. The van der Waals surface area contributed by atoms with E-state index in [0.29, 0.717) is 11.6 Å². The van der Waals surface area contributed by atoms with Gasteiger partial charge in [-0.25, -0.2) is 19.9 Å². The molecule has 0 aliphatic rings. The van der Waals surface area contributed by atoms with Gasteiger partial charge in [0.25, 0.3) is 0 Å². The van der Waals surface area contributed by atoms with Crippen molar-refractivity contribution in [1.29, 1.82) is 0 Å². The topological polar surface area (TPSA) is 87.7 Å². The number of aromatic nitrogens is 6. The maximum absolute atomic E-state index is 6.60. The van der Waals surface area contributed by atoms with Gasteiger partial charge in [0.15, 0.2) is 11.6 Å². The molecule has 0 N–H and O–H groups in total. The van der Waals surface area contributed by atoms with Crippen molar-refractivity contribution in [2.45, 2.75) is 0 Å². The van der Waals surface area contributed by atoms with Gasteiger partial charge in [0.1, 0.15) is 22.7 Å². The number of furan rings is 2. The molecule has 488 valence electrons. The molecular formula is C96H62N6O2. The van der Waals surface area contributed by atoms with E-state index >= 15 is 0 Å². The van der Waals surface area contributed by atoms with E-state index in [1.54, 1.807) is 0 Å². The second-order valence-corrected chi connectivity index (χ2v) is 26.1. The maximum atomic E-state index is 6.60. The fourth-order valence-corrected chi connectivity index (χ4v) is 14.6. The molecule has 0 spiro atoms. The molecule has 104 heavy (non-hydrogen) atoms. The molecule has 8 nitrogen and oxygen atoms in total. The van der Waals surface area contributed by atoms with Crippen LogP contribution in [-0.2, 0) is 0 Å². The lowest BCUT2D eigenvalue weighted by atomic mass is 10.0. The van der Waals surface area contributed by atoms with E-state index < -0.39 is 0 Å². The summed E-state index contributed by atoms with van der Waals surface area (Å²) in [5.41, 5.74) is 24.9. The van der Waals surface area contributed by atoms with Gasteiger partial charge in [-0.15, -0.1) is 0 Å². The molecule has 6 heterocycles. The van der Waals surface area contributed by atoms with Gasteiger partial charge in [-0.05, 0) is 119 Å². The molecule has 0 bridgehead atoms. The Labute approximate surface area is 600 Å². The summed E-state index contributed by atoms with van der Waals surface area (Å²) in [6, 6.07) is 131. The van der Waals surface area contributed by atoms with Gasteiger partial charge < -0.3 is 18.0 Å². The maximum Gasteiger partial charge on any atom is 0.160 e. The van der Waals surface area contributed by atoms with Crippen LogP contribution in [-0.4, -0.2) is 29.1 Å². The third kappa shape index (κ3) is 11.3.